The third-order valence-corrected chi connectivity index (χ3v) is 6.31. The highest BCUT2D eigenvalue weighted by Gasteiger charge is 2.33. The van der Waals surface area contributed by atoms with Crippen LogP contribution in [0.1, 0.15) is 44.7 Å². The normalized spacial score (nSPS) is 15.8. The van der Waals surface area contributed by atoms with Crippen LogP contribution in [-0.4, -0.2) is 52.7 Å². The molecular formula is C21H20ClN5O3S. The van der Waals surface area contributed by atoms with Crippen molar-refractivity contribution in [1.29, 1.82) is 0 Å². The maximum atomic E-state index is 13.2. The Morgan fingerprint density at radius 3 is 2.94 bits per heavy atom. The van der Waals surface area contributed by atoms with Crippen LogP contribution in [0.3, 0.4) is 0 Å². The Bertz CT molecular complexity index is 1160. The summed E-state index contributed by atoms with van der Waals surface area (Å²) in [6.07, 6.45) is 3.19. The minimum Gasteiger partial charge on any atom is -0.358 e. The lowest BCUT2D eigenvalue weighted by Crippen LogP contribution is -2.35. The van der Waals surface area contributed by atoms with Gasteiger partial charge in [0.05, 0.1) is 23.7 Å². The summed E-state index contributed by atoms with van der Waals surface area (Å²) in [5.74, 6) is -0.836. The molecule has 3 heterocycles. The van der Waals surface area contributed by atoms with E-state index in [1.165, 1.54) is 18.4 Å². The van der Waals surface area contributed by atoms with Crippen molar-refractivity contribution in [2.45, 2.75) is 18.9 Å². The van der Waals surface area contributed by atoms with Crippen LogP contribution in [0.25, 0.3) is 10.9 Å². The molecule has 2 N–H and O–H groups in total. The number of pyridine rings is 1. The number of likely N-dealkylation sites (tertiary alicyclic amines) is 1. The number of amides is 3. The fourth-order valence-corrected chi connectivity index (χ4v) is 4.66. The second-order valence-electron chi connectivity index (χ2n) is 7.14. The summed E-state index contributed by atoms with van der Waals surface area (Å²) in [5, 5.41) is 8.71. The number of hydrogen-bond acceptors (Lipinski definition) is 6. The molecule has 3 amide bonds. The molecule has 10 heteroatoms. The zero-order valence-electron chi connectivity index (χ0n) is 16.7. The average Bonchev–Trinajstić information content (AvgIpc) is 3.45. The highest BCUT2D eigenvalue weighted by molar-refractivity contribution is 7.09. The van der Waals surface area contributed by atoms with Crippen LogP contribution >= 0.6 is 22.9 Å². The number of nitrogens with one attached hydrogen (secondary N) is 2. The third kappa shape index (κ3) is 4.52. The number of rotatable bonds is 5. The van der Waals surface area contributed by atoms with Crippen LogP contribution in [-0.2, 0) is 4.79 Å². The second kappa shape index (κ2) is 8.99. The highest BCUT2D eigenvalue weighted by Crippen LogP contribution is 2.35. The van der Waals surface area contributed by atoms with Gasteiger partial charge in [-0.3, -0.25) is 19.4 Å². The van der Waals surface area contributed by atoms with Gasteiger partial charge in [0.2, 0.25) is 5.91 Å². The van der Waals surface area contributed by atoms with E-state index in [0.717, 1.165) is 23.7 Å². The first-order chi connectivity index (χ1) is 15.0. The summed E-state index contributed by atoms with van der Waals surface area (Å²) in [4.78, 5) is 47.4. The van der Waals surface area contributed by atoms with Crippen molar-refractivity contribution in [3.63, 3.8) is 0 Å². The van der Waals surface area contributed by atoms with Crippen molar-refractivity contribution in [3.05, 3.63) is 57.1 Å². The molecule has 1 fully saturated rings. The van der Waals surface area contributed by atoms with Crippen LogP contribution in [0.15, 0.2) is 35.8 Å². The van der Waals surface area contributed by atoms with E-state index in [2.05, 4.69) is 20.6 Å². The molecule has 0 spiro atoms. The molecule has 4 rings (SSSR count). The van der Waals surface area contributed by atoms with Gasteiger partial charge in [-0.2, -0.15) is 0 Å². The fourth-order valence-electron chi connectivity index (χ4n) is 3.54. The van der Waals surface area contributed by atoms with Crippen molar-refractivity contribution in [3.8, 4) is 0 Å². The smallest absolute Gasteiger partial charge is 0.271 e. The fraction of sp³-hybridized carbons (Fsp3) is 0.286. The van der Waals surface area contributed by atoms with Gasteiger partial charge in [0, 0.05) is 35.6 Å². The number of carbonyl (C=O) groups is 3. The molecule has 1 aliphatic heterocycles. The van der Waals surface area contributed by atoms with Crippen LogP contribution in [0.5, 0.6) is 0 Å². The van der Waals surface area contributed by atoms with E-state index in [9.17, 15) is 14.4 Å². The molecule has 2 aromatic heterocycles. The number of halogens is 1. The van der Waals surface area contributed by atoms with Gasteiger partial charge in [-0.05, 0) is 37.1 Å². The molecule has 1 aromatic carbocycles. The Morgan fingerprint density at radius 2 is 2.13 bits per heavy atom. The quantitative estimate of drug-likeness (QED) is 0.613. The van der Waals surface area contributed by atoms with Gasteiger partial charge in [-0.15, -0.1) is 11.3 Å². The van der Waals surface area contributed by atoms with Gasteiger partial charge >= 0.3 is 0 Å². The van der Waals surface area contributed by atoms with Gasteiger partial charge in [-0.25, -0.2) is 4.98 Å². The van der Waals surface area contributed by atoms with E-state index in [0.29, 0.717) is 22.1 Å². The van der Waals surface area contributed by atoms with Crippen LogP contribution in [0.4, 0.5) is 0 Å². The number of aromatic nitrogens is 2. The van der Waals surface area contributed by atoms with Gasteiger partial charge in [0.25, 0.3) is 11.8 Å². The predicted molar refractivity (Wildman–Crippen MR) is 118 cm³/mol. The Morgan fingerprint density at radius 1 is 1.29 bits per heavy atom. The second-order valence-corrected chi connectivity index (χ2v) is 8.47. The molecule has 1 unspecified atom stereocenters. The predicted octanol–water partition coefficient (Wildman–Crippen LogP) is 2.80. The monoisotopic (exact) mass is 457 g/mol. The van der Waals surface area contributed by atoms with Crippen molar-refractivity contribution in [2.75, 3.05) is 20.1 Å². The first kappa shape index (κ1) is 21.2. The number of likely N-dealkylation sites (N-methyl/N-ethyl adjacent to an activating group) is 1. The van der Waals surface area contributed by atoms with Gasteiger partial charge < -0.3 is 15.5 Å². The van der Waals surface area contributed by atoms with Gasteiger partial charge in [0.15, 0.2) is 0 Å². The highest BCUT2D eigenvalue weighted by atomic mass is 35.5. The largest absolute Gasteiger partial charge is 0.358 e. The first-order valence-corrected chi connectivity index (χ1v) is 11.0. The zero-order chi connectivity index (χ0) is 22.0. The number of nitrogens with zero attached hydrogens (tertiary/aromatic N) is 3. The van der Waals surface area contributed by atoms with Crippen molar-refractivity contribution < 1.29 is 14.4 Å². The SMILES string of the molecule is CNC(=O)CNC(=O)c1csc(C2CCCN2C(=O)c2cnc3ccc(Cl)cc3c2)n1. The Kier molecular flexibility index (Phi) is 6.15. The van der Waals surface area contributed by atoms with Crippen LogP contribution in [0, 0.1) is 0 Å². The minimum atomic E-state index is -0.419. The molecular weight excluding hydrogens is 438 g/mol. The molecule has 3 aromatic rings. The maximum Gasteiger partial charge on any atom is 0.271 e. The van der Waals surface area contributed by atoms with Crippen molar-refractivity contribution in [2.24, 2.45) is 0 Å². The summed E-state index contributed by atoms with van der Waals surface area (Å²) >= 11 is 7.41. The van der Waals surface area contributed by atoms with Gasteiger partial charge in [-0.1, -0.05) is 11.6 Å². The minimum absolute atomic E-state index is 0.116. The summed E-state index contributed by atoms with van der Waals surface area (Å²) in [6, 6.07) is 6.96. The topological polar surface area (TPSA) is 104 Å². The molecule has 1 atom stereocenters. The van der Waals surface area contributed by atoms with E-state index in [4.69, 9.17) is 11.6 Å². The molecule has 0 saturated carbocycles. The average molecular weight is 458 g/mol. The van der Waals surface area contributed by atoms with E-state index >= 15 is 0 Å². The first-order valence-electron chi connectivity index (χ1n) is 9.76. The number of fused-ring (bicyclic) bond motifs is 1. The molecule has 1 aliphatic rings. The molecule has 8 nitrogen and oxygen atoms in total. The lowest BCUT2D eigenvalue weighted by Gasteiger charge is -2.23. The summed E-state index contributed by atoms with van der Waals surface area (Å²) in [5.41, 5.74) is 1.50. The van der Waals surface area contributed by atoms with E-state index in [-0.39, 0.29) is 30.1 Å². The Hall–Kier alpha value is -3.04. The molecule has 0 radical (unpaired) electrons. The molecule has 31 heavy (non-hydrogen) atoms. The van der Waals surface area contributed by atoms with E-state index < -0.39 is 5.91 Å². The van der Waals surface area contributed by atoms with E-state index in [1.54, 1.807) is 34.7 Å². The van der Waals surface area contributed by atoms with E-state index in [1.807, 2.05) is 6.07 Å². The Balaban J connectivity index is 1.52. The molecule has 1 saturated heterocycles. The number of benzene rings is 1. The maximum absolute atomic E-state index is 13.2. The third-order valence-electron chi connectivity index (χ3n) is 5.13. The Labute approximate surface area is 187 Å². The summed E-state index contributed by atoms with van der Waals surface area (Å²) < 4.78 is 0. The lowest BCUT2D eigenvalue weighted by atomic mass is 10.1. The summed E-state index contributed by atoms with van der Waals surface area (Å²) in [7, 11) is 1.50. The zero-order valence-corrected chi connectivity index (χ0v) is 18.3. The molecule has 160 valence electrons. The number of hydrogen-bond donors (Lipinski definition) is 2. The van der Waals surface area contributed by atoms with Gasteiger partial charge in [0.1, 0.15) is 10.7 Å². The summed E-state index contributed by atoms with van der Waals surface area (Å²) in [6.45, 7) is 0.490. The van der Waals surface area contributed by atoms with Crippen molar-refractivity contribution in [1.82, 2.24) is 25.5 Å². The lowest BCUT2D eigenvalue weighted by molar-refractivity contribution is -0.119. The molecule has 0 aliphatic carbocycles. The van der Waals surface area contributed by atoms with Crippen molar-refractivity contribution >= 4 is 51.6 Å². The number of carbonyl (C=O) groups excluding carboxylic acids is 3. The van der Waals surface area contributed by atoms with Crippen LogP contribution in [0.2, 0.25) is 5.02 Å². The van der Waals surface area contributed by atoms with Crippen LogP contribution < -0.4 is 10.6 Å². The molecule has 0 bridgehead atoms. The standard InChI is InChI=1S/C21H20ClN5O3S/c1-23-18(28)10-25-19(29)16-11-31-20(26-16)17-3-2-6-27(17)21(30)13-7-12-8-14(22)4-5-15(12)24-9-13/h4-5,7-9,11,17H,2-3,6,10H2,1H3,(H,23,28)(H,25,29). The number of thiazole rings is 1.